The van der Waals surface area contributed by atoms with Gasteiger partial charge in [-0.1, -0.05) is 0 Å². The van der Waals surface area contributed by atoms with E-state index < -0.39 is 0 Å². The van der Waals surface area contributed by atoms with E-state index in [1.807, 2.05) is 0 Å². The molecule has 4 N–H and O–H groups in total. The summed E-state index contributed by atoms with van der Waals surface area (Å²) in [5.74, 6) is 0. The van der Waals surface area contributed by atoms with Crippen molar-refractivity contribution in [3.63, 3.8) is 0 Å². The fourth-order valence-corrected chi connectivity index (χ4v) is 0. The van der Waals surface area contributed by atoms with E-state index in [2.05, 4.69) is 0 Å². The van der Waals surface area contributed by atoms with Gasteiger partial charge in [0.2, 0.25) is 0 Å². The third-order valence-electron chi connectivity index (χ3n) is 0. The molecule has 0 spiro atoms. The molecule has 0 aromatic carbocycles. The first-order chi connectivity index (χ1) is 0. The third kappa shape index (κ3) is 54.1. The minimum Gasteiger partial charge on any atom is -0.870 e. The molecule has 0 unspecified atom stereocenters. The molecule has 8 heavy (non-hydrogen) atoms. The number of hydrogen-bond donors (Lipinski definition) is 0. The summed E-state index contributed by atoms with van der Waals surface area (Å²) in [6.45, 7) is 0. The zero-order chi connectivity index (χ0) is 0. The SMILES string of the molecule is [Bi+3].[OH-].[OH-].[OH-].[OH-].[Sr+2].[Ta+2].[Ti]. The van der Waals surface area contributed by atoms with Crippen molar-refractivity contribution in [2.75, 3.05) is 0 Å². The molecule has 0 aliphatic carbocycles. The average molecular weight is 593 g/mol. The Kier molecular flexibility index (Phi) is 919. The average Bonchev–Trinajstić information content (AvgIpc) is 0. The topological polar surface area (TPSA) is 120 Å². The van der Waals surface area contributed by atoms with Crippen molar-refractivity contribution in [3.8, 4) is 0 Å². The van der Waals surface area contributed by atoms with E-state index in [1.165, 1.54) is 0 Å². The summed E-state index contributed by atoms with van der Waals surface area (Å²) in [5, 5.41) is 0. The van der Waals surface area contributed by atoms with E-state index in [9.17, 15) is 0 Å². The Bertz CT molecular complexity index is 16.0. The van der Waals surface area contributed by atoms with E-state index in [4.69, 9.17) is 0 Å². The van der Waals surface area contributed by atoms with Gasteiger partial charge in [0, 0.05) is 21.7 Å². The predicted molar refractivity (Wildman–Crippen MR) is 19.3 cm³/mol. The van der Waals surface area contributed by atoms with Crippen LogP contribution in [0.5, 0.6) is 0 Å². The van der Waals surface area contributed by atoms with Gasteiger partial charge in [-0.25, -0.2) is 0 Å². The Morgan fingerprint density at radius 1 is 0.625 bits per heavy atom. The van der Waals surface area contributed by atoms with E-state index in [1.54, 1.807) is 0 Å². The van der Waals surface area contributed by atoms with Gasteiger partial charge in [-0.05, 0) is 0 Å². The summed E-state index contributed by atoms with van der Waals surface area (Å²) in [4.78, 5) is 0. The molecule has 0 aromatic rings. The Morgan fingerprint density at radius 3 is 0.625 bits per heavy atom. The Balaban J connectivity index is 0. The smallest absolute Gasteiger partial charge is 0.870 e. The van der Waals surface area contributed by atoms with Crippen LogP contribution in [-0.2, 0) is 44.1 Å². The quantitative estimate of drug-likeness (QED) is 0.319. The molecule has 8 heteroatoms. The molecule has 0 bridgehead atoms. The van der Waals surface area contributed by atoms with Gasteiger partial charge in [-0.2, -0.15) is 0 Å². The Morgan fingerprint density at radius 2 is 0.625 bits per heavy atom. The van der Waals surface area contributed by atoms with E-state index in [-0.39, 0.29) is 138 Å². The second-order valence-electron chi connectivity index (χ2n) is 0. The van der Waals surface area contributed by atoms with Gasteiger partial charge < -0.3 is 21.9 Å². The maximum Gasteiger partial charge on any atom is 3.00 e. The van der Waals surface area contributed by atoms with E-state index >= 15 is 0 Å². The van der Waals surface area contributed by atoms with Crippen molar-refractivity contribution in [2.45, 2.75) is 0 Å². The summed E-state index contributed by atoms with van der Waals surface area (Å²) in [5.41, 5.74) is 0. The fraction of sp³-hybridized carbons (Fsp3) is 0. The molecule has 0 aromatic heterocycles. The second-order valence-corrected chi connectivity index (χ2v) is 0. The Labute approximate surface area is 135 Å². The molecule has 0 saturated carbocycles. The van der Waals surface area contributed by atoms with Gasteiger partial charge >= 0.3 is 94.1 Å². The first-order valence-corrected chi connectivity index (χ1v) is 0. The minimum absolute atomic E-state index is 0. The number of hydrogen-bond acceptors (Lipinski definition) is 4. The fourth-order valence-electron chi connectivity index (χ4n) is 0. The Hall–Kier alpha value is 3.66. The summed E-state index contributed by atoms with van der Waals surface area (Å²) < 4.78 is 0. The number of rotatable bonds is 0. The van der Waals surface area contributed by atoms with Crippen LogP contribution in [0.4, 0.5) is 0 Å². The largest absolute Gasteiger partial charge is 3.00 e. The van der Waals surface area contributed by atoms with Crippen LogP contribution in [0.2, 0.25) is 0 Å². The van der Waals surface area contributed by atoms with Crippen molar-refractivity contribution < 1.29 is 66.0 Å². The predicted octanol–water partition coefficient (Wildman–Crippen LogP) is -1.47. The molecule has 0 aliphatic rings. The van der Waals surface area contributed by atoms with Gasteiger partial charge in [-0.3, -0.25) is 0 Å². The van der Waals surface area contributed by atoms with Crippen LogP contribution in [0, 0.1) is 0 Å². The van der Waals surface area contributed by atoms with Gasteiger partial charge in [0.25, 0.3) is 0 Å². The van der Waals surface area contributed by atoms with Crippen LogP contribution in [0.1, 0.15) is 0 Å². The monoisotopic (exact) mass is 594 g/mol. The molecule has 0 rings (SSSR count). The van der Waals surface area contributed by atoms with Crippen LogP contribution < -0.4 is 0 Å². The molecule has 4 nitrogen and oxygen atoms in total. The maximum absolute atomic E-state index is 0. The molecule has 0 amide bonds. The minimum atomic E-state index is 0. The first kappa shape index (κ1) is 99.0. The molecule has 0 atom stereocenters. The molecule has 3 radical (unpaired) electrons. The van der Waals surface area contributed by atoms with Gasteiger partial charge in [0.05, 0.1) is 0 Å². The van der Waals surface area contributed by atoms with Crippen LogP contribution >= 0.6 is 0 Å². The first-order valence-electron chi connectivity index (χ1n) is 0. The summed E-state index contributed by atoms with van der Waals surface area (Å²) in [6.07, 6.45) is 0. The molecule has 0 saturated heterocycles. The summed E-state index contributed by atoms with van der Waals surface area (Å²) in [6, 6.07) is 0. The van der Waals surface area contributed by atoms with Crippen molar-refractivity contribution in [1.29, 1.82) is 0 Å². The third-order valence-corrected chi connectivity index (χ3v) is 0. The standard InChI is InChI=1S/Bi.4H2O.Sr.Ta.Ti/h;4*1H2;;;/q+3;;;;;2*+2;/p-4. The zero-order valence-electron chi connectivity index (χ0n) is 3.89. The van der Waals surface area contributed by atoms with Crippen LogP contribution in [-0.4, -0.2) is 93.6 Å². The normalized spacial score (nSPS) is 0. The second kappa shape index (κ2) is 74.3. The van der Waals surface area contributed by atoms with E-state index in [0.29, 0.717) is 0 Å². The van der Waals surface area contributed by atoms with Crippen molar-refractivity contribution in [1.82, 2.24) is 0 Å². The van der Waals surface area contributed by atoms with Gasteiger partial charge in [-0.15, -0.1) is 0 Å². The molecule has 0 fully saturated rings. The van der Waals surface area contributed by atoms with E-state index in [0.717, 1.165) is 0 Å². The molecule has 0 aliphatic heterocycles. The maximum atomic E-state index is 0. The van der Waals surface area contributed by atoms with Gasteiger partial charge in [0.15, 0.2) is 0 Å². The van der Waals surface area contributed by atoms with Crippen LogP contribution in [0.15, 0.2) is 0 Å². The van der Waals surface area contributed by atoms with Crippen molar-refractivity contribution >= 4 is 71.7 Å². The summed E-state index contributed by atoms with van der Waals surface area (Å²) >= 11 is 0. The molecule has 0 heterocycles. The summed E-state index contributed by atoms with van der Waals surface area (Å²) in [7, 11) is 0. The zero-order valence-corrected chi connectivity index (χ0v) is 15.6. The van der Waals surface area contributed by atoms with Crippen LogP contribution in [0.3, 0.4) is 0 Å². The molecular weight excluding hydrogens is 589 g/mol. The van der Waals surface area contributed by atoms with Gasteiger partial charge in [0.1, 0.15) is 0 Å². The molecule has 41 valence electrons. The van der Waals surface area contributed by atoms with Crippen molar-refractivity contribution in [2.24, 2.45) is 0 Å². The van der Waals surface area contributed by atoms with Crippen LogP contribution in [0.25, 0.3) is 0 Å². The molecular formula is H4BiO4SrTaTi+3. The van der Waals surface area contributed by atoms with Crippen molar-refractivity contribution in [3.05, 3.63) is 0 Å².